The molecule has 1 nitrogen and oxygen atoms in total. The molecule has 2 rings (SSSR count). The van der Waals surface area contributed by atoms with E-state index in [0.717, 1.165) is 18.8 Å². The summed E-state index contributed by atoms with van der Waals surface area (Å²) in [5, 5.41) is 0. The summed E-state index contributed by atoms with van der Waals surface area (Å²) in [6, 6.07) is 18.8. The smallest absolute Gasteiger partial charge is 0.119 e. The van der Waals surface area contributed by atoms with Gasteiger partial charge in [-0.3, -0.25) is 0 Å². The van der Waals surface area contributed by atoms with Crippen molar-refractivity contribution < 1.29 is 4.74 Å². The summed E-state index contributed by atoms with van der Waals surface area (Å²) in [6.07, 6.45) is 5.43. The van der Waals surface area contributed by atoms with Crippen LogP contribution in [0.4, 0.5) is 0 Å². The zero-order chi connectivity index (χ0) is 14.2. The van der Waals surface area contributed by atoms with Crippen LogP contribution in [0.3, 0.4) is 0 Å². The Labute approximate surface area is 121 Å². The molecule has 0 saturated carbocycles. The molecule has 1 heteroatoms. The zero-order valence-corrected chi connectivity index (χ0v) is 12.3. The van der Waals surface area contributed by atoms with Crippen molar-refractivity contribution in [2.75, 3.05) is 6.61 Å². The first-order valence-electron chi connectivity index (χ1n) is 7.25. The molecule has 0 aliphatic carbocycles. The standard InChI is InChI=1S/C19H22O/c1-3-14-20-19-11-7-8-17(15-19)13-12-16(2)18-9-5-4-6-10-18/h4-13,15-16H,3,14H2,1-2H3. The van der Waals surface area contributed by atoms with Gasteiger partial charge in [-0.2, -0.15) is 0 Å². The molecule has 20 heavy (non-hydrogen) atoms. The average Bonchev–Trinajstić information content (AvgIpc) is 2.52. The molecule has 1 atom stereocenters. The number of hydrogen-bond donors (Lipinski definition) is 0. The Morgan fingerprint density at radius 2 is 1.85 bits per heavy atom. The second kappa shape index (κ2) is 7.54. The van der Waals surface area contributed by atoms with E-state index in [1.807, 2.05) is 12.1 Å². The van der Waals surface area contributed by atoms with E-state index in [0.29, 0.717) is 5.92 Å². The Hall–Kier alpha value is -2.02. The highest BCUT2D eigenvalue weighted by Gasteiger charge is 2.00. The van der Waals surface area contributed by atoms with Crippen molar-refractivity contribution in [1.82, 2.24) is 0 Å². The molecular formula is C19H22O. The van der Waals surface area contributed by atoms with E-state index in [4.69, 9.17) is 4.74 Å². The van der Waals surface area contributed by atoms with Crippen molar-refractivity contribution in [3.8, 4) is 5.75 Å². The molecule has 2 aromatic carbocycles. The quantitative estimate of drug-likeness (QED) is 0.690. The highest BCUT2D eigenvalue weighted by Crippen LogP contribution is 2.19. The molecule has 104 valence electrons. The molecule has 0 N–H and O–H groups in total. The zero-order valence-electron chi connectivity index (χ0n) is 12.3. The van der Waals surface area contributed by atoms with Crippen molar-refractivity contribution in [3.63, 3.8) is 0 Å². The maximum atomic E-state index is 5.65. The summed E-state index contributed by atoms with van der Waals surface area (Å²) >= 11 is 0. The van der Waals surface area contributed by atoms with Gasteiger partial charge in [0.15, 0.2) is 0 Å². The molecule has 0 aromatic heterocycles. The van der Waals surface area contributed by atoms with Gasteiger partial charge < -0.3 is 4.74 Å². The van der Waals surface area contributed by atoms with Crippen LogP contribution >= 0.6 is 0 Å². The summed E-state index contributed by atoms with van der Waals surface area (Å²) in [7, 11) is 0. The molecule has 0 amide bonds. The maximum Gasteiger partial charge on any atom is 0.119 e. The van der Waals surface area contributed by atoms with Crippen LogP contribution in [0.2, 0.25) is 0 Å². The van der Waals surface area contributed by atoms with E-state index in [-0.39, 0.29) is 0 Å². The van der Waals surface area contributed by atoms with Gasteiger partial charge in [0.05, 0.1) is 6.61 Å². The van der Waals surface area contributed by atoms with Gasteiger partial charge in [-0.15, -0.1) is 0 Å². The fraction of sp³-hybridized carbons (Fsp3) is 0.263. The van der Waals surface area contributed by atoms with Gasteiger partial charge in [0.25, 0.3) is 0 Å². The van der Waals surface area contributed by atoms with Crippen LogP contribution in [0.25, 0.3) is 6.08 Å². The first-order chi connectivity index (χ1) is 9.79. The summed E-state index contributed by atoms with van der Waals surface area (Å²) in [5.41, 5.74) is 2.52. The number of rotatable bonds is 6. The fourth-order valence-corrected chi connectivity index (χ4v) is 2.05. The van der Waals surface area contributed by atoms with Crippen molar-refractivity contribution in [3.05, 3.63) is 71.8 Å². The van der Waals surface area contributed by atoms with E-state index >= 15 is 0 Å². The molecule has 0 heterocycles. The van der Waals surface area contributed by atoms with Gasteiger partial charge in [0, 0.05) is 0 Å². The topological polar surface area (TPSA) is 9.23 Å². The van der Waals surface area contributed by atoms with Gasteiger partial charge in [0.1, 0.15) is 5.75 Å². The largest absolute Gasteiger partial charge is 0.494 e. The maximum absolute atomic E-state index is 5.65. The van der Waals surface area contributed by atoms with Crippen LogP contribution in [0, 0.1) is 0 Å². The van der Waals surface area contributed by atoms with Gasteiger partial charge in [-0.05, 0) is 35.6 Å². The van der Waals surface area contributed by atoms with Crippen LogP contribution in [0.15, 0.2) is 60.7 Å². The highest BCUT2D eigenvalue weighted by molar-refractivity contribution is 5.53. The SMILES string of the molecule is CCCOc1cccc(C=CC(C)c2ccccc2)c1. The van der Waals surface area contributed by atoms with E-state index in [1.165, 1.54) is 11.1 Å². The minimum Gasteiger partial charge on any atom is -0.494 e. The minimum atomic E-state index is 0.413. The van der Waals surface area contributed by atoms with Gasteiger partial charge in [-0.25, -0.2) is 0 Å². The van der Waals surface area contributed by atoms with E-state index in [2.05, 4.69) is 68.5 Å². The van der Waals surface area contributed by atoms with Crippen LogP contribution in [-0.2, 0) is 0 Å². The second-order valence-corrected chi connectivity index (χ2v) is 4.98. The summed E-state index contributed by atoms with van der Waals surface area (Å²) in [4.78, 5) is 0. The van der Waals surface area contributed by atoms with Crippen molar-refractivity contribution in [1.29, 1.82) is 0 Å². The Bertz CT molecular complexity index is 543. The van der Waals surface area contributed by atoms with Gasteiger partial charge in [-0.1, -0.05) is 68.5 Å². The molecular weight excluding hydrogens is 244 g/mol. The van der Waals surface area contributed by atoms with Crippen LogP contribution < -0.4 is 4.74 Å². The lowest BCUT2D eigenvalue weighted by Crippen LogP contribution is -1.94. The first-order valence-corrected chi connectivity index (χ1v) is 7.25. The van der Waals surface area contributed by atoms with Crippen LogP contribution in [0.5, 0.6) is 5.75 Å². The number of hydrogen-bond acceptors (Lipinski definition) is 1. The van der Waals surface area contributed by atoms with Crippen LogP contribution in [-0.4, -0.2) is 6.61 Å². The number of allylic oxidation sites excluding steroid dienone is 1. The Morgan fingerprint density at radius 1 is 1.05 bits per heavy atom. The lowest BCUT2D eigenvalue weighted by molar-refractivity contribution is 0.317. The Balaban J connectivity index is 2.03. The average molecular weight is 266 g/mol. The molecule has 0 spiro atoms. The van der Waals surface area contributed by atoms with Gasteiger partial charge >= 0.3 is 0 Å². The Kier molecular flexibility index (Phi) is 5.43. The molecule has 0 aliphatic rings. The third-order valence-corrected chi connectivity index (χ3v) is 3.23. The monoisotopic (exact) mass is 266 g/mol. The predicted octanol–water partition coefficient (Wildman–Crippen LogP) is 5.29. The molecule has 1 unspecified atom stereocenters. The molecule has 2 aromatic rings. The predicted molar refractivity (Wildman–Crippen MR) is 86.1 cm³/mol. The van der Waals surface area contributed by atoms with E-state index in [9.17, 15) is 0 Å². The summed E-state index contributed by atoms with van der Waals surface area (Å²) in [6.45, 7) is 5.10. The first kappa shape index (κ1) is 14.4. The third kappa shape index (κ3) is 4.27. The normalized spacial score (nSPS) is 12.5. The van der Waals surface area contributed by atoms with E-state index in [1.54, 1.807) is 0 Å². The third-order valence-electron chi connectivity index (χ3n) is 3.23. The van der Waals surface area contributed by atoms with Crippen molar-refractivity contribution >= 4 is 6.08 Å². The van der Waals surface area contributed by atoms with Crippen LogP contribution in [0.1, 0.15) is 37.3 Å². The summed E-state index contributed by atoms with van der Waals surface area (Å²) in [5.74, 6) is 1.36. The molecule has 0 saturated heterocycles. The number of ether oxygens (including phenoxy) is 1. The highest BCUT2D eigenvalue weighted by atomic mass is 16.5. The van der Waals surface area contributed by atoms with Gasteiger partial charge in [0.2, 0.25) is 0 Å². The van der Waals surface area contributed by atoms with Crippen molar-refractivity contribution in [2.45, 2.75) is 26.2 Å². The second-order valence-electron chi connectivity index (χ2n) is 4.98. The lowest BCUT2D eigenvalue weighted by atomic mass is 10.00. The Morgan fingerprint density at radius 3 is 2.60 bits per heavy atom. The molecule has 0 radical (unpaired) electrons. The minimum absolute atomic E-state index is 0.413. The summed E-state index contributed by atoms with van der Waals surface area (Å²) < 4.78 is 5.65. The fourth-order valence-electron chi connectivity index (χ4n) is 2.05. The van der Waals surface area contributed by atoms with E-state index < -0.39 is 0 Å². The molecule has 0 bridgehead atoms. The number of benzene rings is 2. The molecule has 0 fully saturated rings. The lowest BCUT2D eigenvalue weighted by Gasteiger charge is -2.07. The molecule has 0 aliphatic heterocycles. The van der Waals surface area contributed by atoms with Crippen molar-refractivity contribution in [2.24, 2.45) is 0 Å².